The molecule has 0 unspecified atom stereocenters. The number of rotatable bonds is 6. The summed E-state index contributed by atoms with van der Waals surface area (Å²) in [5, 5.41) is 8.89. The second kappa shape index (κ2) is 13.9. The molecule has 60 heavy (non-hydrogen) atoms. The third-order valence-corrected chi connectivity index (χ3v) is 12.1. The lowest BCUT2D eigenvalue weighted by atomic mass is 9.85. The van der Waals surface area contributed by atoms with E-state index in [1.54, 1.807) is 0 Å². The quantitative estimate of drug-likeness (QED) is 0.158. The zero-order valence-corrected chi connectivity index (χ0v) is 32.6. The number of furan rings is 2. The number of hydrogen-bond acceptors (Lipinski definition) is 2. The lowest BCUT2D eigenvalue weighted by Gasteiger charge is -2.18. The van der Waals surface area contributed by atoms with Gasteiger partial charge in [-0.25, -0.2) is 0 Å². The fraction of sp³-hybridized carbons (Fsp3) is 0. The summed E-state index contributed by atoms with van der Waals surface area (Å²) < 4.78 is 14.4. The van der Waals surface area contributed by atoms with Crippen LogP contribution >= 0.6 is 0 Å². The Hall–Kier alpha value is -7.94. The highest BCUT2D eigenvalue weighted by Gasteiger charge is 2.28. The van der Waals surface area contributed by atoms with Crippen LogP contribution in [0.15, 0.2) is 227 Å². The monoisotopic (exact) mass is 764 g/mol. The predicted octanol–water partition coefficient (Wildman–Crippen LogP) is 16.6. The molecular weight excluding hydrogens is 729 g/mol. The van der Waals surface area contributed by atoms with Crippen LogP contribution in [0.3, 0.4) is 0 Å². The molecule has 0 atom stereocenters. The third-order valence-electron chi connectivity index (χ3n) is 12.1. The van der Waals surface area contributed by atoms with Crippen molar-refractivity contribution in [1.29, 1.82) is 0 Å². The summed E-state index contributed by atoms with van der Waals surface area (Å²) in [4.78, 5) is 0. The zero-order valence-electron chi connectivity index (χ0n) is 32.6. The van der Waals surface area contributed by atoms with Crippen LogP contribution in [-0.4, -0.2) is 0 Å². The smallest absolute Gasteiger partial charge is 0.144 e. The molecule has 0 spiro atoms. The molecule has 0 aliphatic carbocycles. The molecular formula is C58H36O2. The number of fused-ring (bicyclic) bond motifs is 5. The maximum Gasteiger partial charge on any atom is 0.144 e. The van der Waals surface area contributed by atoms with Crippen LogP contribution in [0.5, 0.6) is 0 Å². The second-order valence-electron chi connectivity index (χ2n) is 15.5. The highest BCUT2D eigenvalue weighted by atomic mass is 16.3. The molecule has 2 nitrogen and oxygen atoms in total. The van der Waals surface area contributed by atoms with E-state index in [9.17, 15) is 0 Å². The van der Waals surface area contributed by atoms with Gasteiger partial charge in [-0.05, 0) is 102 Å². The Bertz CT molecular complexity index is 3320. The third kappa shape index (κ3) is 5.50. The van der Waals surface area contributed by atoms with Crippen molar-refractivity contribution < 1.29 is 8.83 Å². The Kier molecular flexibility index (Phi) is 7.89. The van der Waals surface area contributed by atoms with Crippen molar-refractivity contribution in [3.8, 4) is 67.2 Å². The van der Waals surface area contributed by atoms with E-state index in [2.05, 4.69) is 218 Å². The van der Waals surface area contributed by atoms with Crippen LogP contribution in [0.2, 0.25) is 0 Å². The fourth-order valence-corrected chi connectivity index (χ4v) is 9.30. The van der Waals surface area contributed by atoms with Crippen LogP contribution in [0, 0.1) is 0 Å². The van der Waals surface area contributed by atoms with E-state index in [0.29, 0.717) is 0 Å². The van der Waals surface area contributed by atoms with Gasteiger partial charge in [0.2, 0.25) is 0 Å². The van der Waals surface area contributed by atoms with Crippen LogP contribution < -0.4 is 0 Å². The highest BCUT2D eigenvalue weighted by molar-refractivity contribution is 6.26. The van der Waals surface area contributed by atoms with Gasteiger partial charge in [-0.1, -0.05) is 182 Å². The summed E-state index contributed by atoms with van der Waals surface area (Å²) >= 11 is 0. The summed E-state index contributed by atoms with van der Waals surface area (Å²) in [5.74, 6) is 1.70. The minimum atomic E-state index is 0.850. The largest absolute Gasteiger partial charge is 0.455 e. The van der Waals surface area contributed by atoms with E-state index >= 15 is 0 Å². The van der Waals surface area contributed by atoms with Crippen LogP contribution in [0.1, 0.15) is 0 Å². The Balaban J connectivity index is 1.22. The van der Waals surface area contributed by atoms with Gasteiger partial charge < -0.3 is 8.83 Å². The van der Waals surface area contributed by atoms with Gasteiger partial charge in [-0.15, -0.1) is 0 Å². The average molecular weight is 765 g/mol. The molecule has 2 heteroatoms. The summed E-state index contributed by atoms with van der Waals surface area (Å²) in [5.41, 5.74) is 12.9. The van der Waals surface area contributed by atoms with E-state index in [4.69, 9.17) is 8.83 Å². The maximum absolute atomic E-state index is 7.18. The van der Waals surface area contributed by atoms with Crippen LogP contribution in [0.25, 0.3) is 121 Å². The first-order valence-electron chi connectivity index (χ1n) is 20.5. The van der Waals surface area contributed by atoms with Crippen molar-refractivity contribution in [1.82, 2.24) is 0 Å². The molecule has 10 aromatic carbocycles. The molecule has 0 radical (unpaired) electrons. The van der Waals surface area contributed by atoms with Crippen molar-refractivity contribution in [3.63, 3.8) is 0 Å². The molecule has 0 amide bonds. The van der Waals surface area contributed by atoms with Gasteiger partial charge in [-0.3, -0.25) is 0 Å². The predicted molar refractivity (Wildman–Crippen MR) is 251 cm³/mol. The SMILES string of the molecule is c1ccc(-c2ccc3oc(-c4c5ccccc5c(-c5oc6ccc(-c7ccccc7)cc6c5-c5ccccc5)c5cc6ccccc6cc45)c(-c4ccccc4)c3c2)cc1. The van der Waals surface area contributed by atoms with Crippen LogP contribution in [-0.2, 0) is 0 Å². The summed E-state index contributed by atoms with van der Waals surface area (Å²) in [6, 6.07) is 77.9. The van der Waals surface area contributed by atoms with Crippen molar-refractivity contribution in [2.45, 2.75) is 0 Å². The molecule has 0 aliphatic heterocycles. The molecule has 280 valence electrons. The van der Waals surface area contributed by atoms with E-state index in [0.717, 1.165) is 110 Å². The minimum absolute atomic E-state index is 0.850. The van der Waals surface area contributed by atoms with Gasteiger partial charge in [0.05, 0.1) is 0 Å². The van der Waals surface area contributed by atoms with Crippen molar-refractivity contribution in [2.24, 2.45) is 0 Å². The van der Waals surface area contributed by atoms with Gasteiger partial charge in [0, 0.05) is 33.0 Å². The Morgan fingerprint density at radius 2 is 0.567 bits per heavy atom. The highest BCUT2D eigenvalue weighted by Crippen LogP contribution is 2.53. The first-order chi connectivity index (χ1) is 29.8. The van der Waals surface area contributed by atoms with Gasteiger partial charge in [0.15, 0.2) is 0 Å². The lowest BCUT2D eigenvalue weighted by Crippen LogP contribution is -1.92. The van der Waals surface area contributed by atoms with Crippen molar-refractivity contribution in [2.75, 3.05) is 0 Å². The molecule has 0 saturated heterocycles. The first kappa shape index (κ1) is 34.1. The van der Waals surface area contributed by atoms with Gasteiger partial charge in [0.1, 0.15) is 22.7 Å². The molecule has 2 aromatic heterocycles. The Labute approximate surface area is 347 Å². The molecule has 0 fully saturated rings. The van der Waals surface area contributed by atoms with E-state index in [1.807, 2.05) is 0 Å². The topological polar surface area (TPSA) is 26.3 Å². The Morgan fingerprint density at radius 3 is 0.967 bits per heavy atom. The van der Waals surface area contributed by atoms with Crippen molar-refractivity contribution >= 4 is 54.3 Å². The van der Waals surface area contributed by atoms with Crippen molar-refractivity contribution in [3.05, 3.63) is 218 Å². The first-order valence-corrected chi connectivity index (χ1v) is 20.5. The lowest BCUT2D eigenvalue weighted by molar-refractivity contribution is 0.632. The molecule has 0 N–H and O–H groups in total. The fourth-order valence-electron chi connectivity index (χ4n) is 9.30. The van der Waals surface area contributed by atoms with Crippen LogP contribution in [0.4, 0.5) is 0 Å². The zero-order chi connectivity index (χ0) is 39.6. The van der Waals surface area contributed by atoms with E-state index in [-0.39, 0.29) is 0 Å². The van der Waals surface area contributed by atoms with Gasteiger partial charge >= 0.3 is 0 Å². The molecule has 0 aliphatic rings. The standard InChI is InChI=1S/C58H36O2/c1-5-17-37(18-6-1)43-29-31-51-49(35-43)53(39-21-9-3-10-22-39)57(59-51)55-45-27-15-16-28-46(45)56(48-34-42-26-14-13-25-41(42)33-47(48)55)58-54(40-23-11-4-12-24-40)50-36-44(30-32-52(50)60-58)38-19-7-2-8-20-38/h1-36H. The number of benzene rings is 10. The molecule has 0 bridgehead atoms. The summed E-state index contributed by atoms with van der Waals surface area (Å²) in [6.07, 6.45) is 0. The Morgan fingerprint density at radius 1 is 0.217 bits per heavy atom. The molecule has 0 saturated carbocycles. The summed E-state index contributed by atoms with van der Waals surface area (Å²) in [7, 11) is 0. The molecule has 12 aromatic rings. The van der Waals surface area contributed by atoms with Gasteiger partial charge in [0.25, 0.3) is 0 Å². The minimum Gasteiger partial charge on any atom is -0.455 e. The molecule has 12 rings (SSSR count). The number of hydrogen-bond donors (Lipinski definition) is 0. The van der Waals surface area contributed by atoms with Gasteiger partial charge in [-0.2, -0.15) is 0 Å². The maximum atomic E-state index is 7.18. The molecule has 2 heterocycles. The normalized spacial score (nSPS) is 11.7. The average Bonchev–Trinajstić information content (AvgIpc) is 3.89. The van der Waals surface area contributed by atoms with E-state index < -0.39 is 0 Å². The van der Waals surface area contributed by atoms with E-state index in [1.165, 1.54) is 11.1 Å². The second-order valence-corrected chi connectivity index (χ2v) is 15.5. The summed E-state index contributed by atoms with van der Waals surface area (Å²) in [6.45, 7) is 0.